The second-order valence-corrected chi connectivity index (χ2v) is 8.28. The zero-order valence-electron chi connectivity index (χ0n) is 21.2. The Balaban J connectivity index is 1.86. The lowest BCUT2D eigenvalue weighted by atomic mass is 10.1. The maximum atomic E-state index is 12.6. The first kappa shape index (κ1) is 29.1. The molecular formula is C25H24N2O13. The summed E-state index contributed by atoms with van der Waals surface area (Å²) in [6, 6.07) is 2.87. The fourth-order valence-electron chi connectivity index (χ4n) is 3.55. The van der Waals surface area contributed by atoms with Gasteiger partial charge in [0.1, 0.15) is 40.3 Å². The van der Waals surface area contributed by atoms with Crippen LogP contribution < -0.4 is 30.3 Å². The van der Waals surface area contributed by atoms with Gasteiger partial charge in [0, 0.05) is 23.8 Å². The van der Waals surface area contributed by atoms with Crippen molar-refractivity contribution >= 4 is 34.9 Å². The molecule has 2 amide bonds. The third kappa shape index (κ3) is 6.50. The van der Waals surface area contributed by atoms with Gasteiger partial charge in [-0.15, -0.1) is 0 Å². The van der Waals surface area contributed by atoms with Crippen LogP contribution in [0.2, 0.25) is 0 Å². The van der Waals surface area contributed by atoms with Gasteiger partial charge in [0.05, 0.1) is 20.6 Å². The van der Waals surface area contributed by atoms with Gasteiger partial charge in [-0.25, -0.2) is 9.59 Å². The molecule has 2 atom stereocenters. The molecule has 0 aliphatic carbocycles. The fraction of sp³-hybridized carbons (Fsp3) is 0.240. The average Bonchev–Trinajstić information content (AvgIpc) is 2.86. The topological polar surface area (TPSA) is 231 Å². The number of aromatic hydroxyl groups is 2. The number of phenolic OH excluding ortho intramolecular Hbond substituents is 2. The van der Waals surface area contributed by atoms with Crippen molar-refractivity contribution in [2.24, 2.45) is 0 Å². The first-order valence-corrected chi connectivity index (χ1v) is 11.3. The molecule has 3 aromatic rings. The Morgan fingerprint density at radius 2 is 1.57 bits per heavy atom. The van der Waals surface area contributed by atoms with Crippen LogP contribution in [0.15, 0.2) is 39.5 Å². The second kappa shape index (κ2) is 11.9. The summed E-state index contributed by atoms with van der Waals surface area (Å²) in [5.74, 6) is -5.16. The number of carboxylic acid groups (broad SMARTS) is 2. The van der Waals surface area contributed by atoms with Crippen molar-refractivity contribution in [2.45, 2.75) is 25.4 Å². The van der Waals surface area contributed by atoms with Crippen molar-refractivity contribution in [3.63, 3.8) is 0 Å². The van der Waals surface area contributed by atoms with E-state index >= 15 is 0 Å². The highest BCUT2D eigenvalue weighted by atomic mass is 16.6. The van der Waals surface area contributed by atoms with E-state index in [1.807, 2.05) is 5.32 Å². The van der Waals surface area contributed by atoms with Crippen molar-refractivity contribution in [3.05, 3.63) is 40.6 Å². The number of carboxylic acids is 2. The van der Waals surface area contributed by atoms with Gasteiger partial charge in [-0.05, 0) is 19.1 Å². The zero-order valence-corrected chi connectivity index (χ0v) is 21.2. The standard InChI is InChI=1S/C25H24N2O13/c1-10(23(33)27-13(24(34)35)8-20(31)32)26-25(36)40-22-18(37-2)4-11(5-19(22)38-3)16-9-15(30)21-14(29)6-12(28)7-17(21)39-16/h4-7,9-10,13,28-29H,8H2,1-3H3,(H,26,36)(H,27,33)(H,31,32)(H,34,35)/t10-,13-/m0/s1. The van der Waals surface area contributed by atoms with E-state index in [0.29, 0.717) is 0 Å². The van der Waals surface area contributed by atoms with Gasteiger partial charge in [0.15, 0.2) is 16.9 Å². The van der Waals surface area contributed by atoms with E-state index < -0.39 is 53.6 Å². The summed E-state index contributed by atoms with van der Waals surface area (Å²) >= 11 is 0. The van der Waals surface area contributed by atoms with Crippen LogP contribution in [0.4, 0.5) is 4.79 Å². The van der Waals surface area contributed by atoms with Crippen LogP contribution in [0.3, 0.4) is 0 Å². The Kier molecular flexibility index (Phi) is 8.68. The molecular weight excluding hydrogens is 536 g/mol. The number of phenols is 2. The quantitative estimate of drug-likeness (QED) is 0.206. The van der Waals surface area contributed by atoms with Crippen LogP contribution >= 0.6 is 0 Å². The first-order valence-electron chi connectivity index (χ1n) is 11.3. The van der Waals surface area contributed by atoms with Crippen molar-refractivity contribution in [3.8, 4) is 40.1 Å². The van der Waals surface area contributed by atoms with E-state index in [9.17, 15) is 34.2 Å². The molecule has 3 rings (SSSR count). The van der Waals surface area contributed by atoms with Crippen LogP contribution in [0, 0.1) is 0 Å². The van der Waals surface area contributed by atoms with Crippen LogP contribution in [-0.4, -0.2) is 70.7 Å². The van der Waals surface area contributed by atoms with Gasteiger partial charge in [-0.2, -0.15) is 0 Å². The van der Waals surface area contributed by atoms with E-state index in [2.05, 4.69) is 5.32 Å². The van der Waals surface area contributed by atoms with Gasteiger partial charge in [0.2, 0.25) is 11.7 Å². The summed E-state index contributed by atoms with van der Waals surface area (Å²) in [4.78, 5) is 59.4. The lowest BCUT2D eigenvalue weighted by Gasteiger charge is -2.19. The lowest BCUT2D eigenvalue weighted by molar-refractivity contribution is -0.147. The third-order valence-electron chi connectivity index (χ3n) is 5.46. The molecule has 2 aromatic carbocycles. The highest BCUT2D eigenvalue weighted by Crippen LogP contribution is 2.42. The van der Waals surface area contributed by atoms with E-state index in [0.717, 1.165) is 18.2 Å². The molecule has 0 unspecified atom stereocenters. The normalized spacial score (nSPS) is 12.2. The minimum Gasteiger partial charge on any atom is -0.508 e. The lowest BCUT2D eigenvalue weighted by Crippen LogP contribution is -2.51. The predicted molar refractivity (Wildman–Crippen MR) is 135 cm³/mol. The van der Waals surface area contributed by atoms with Gasteiger partial charge < -0.3 is 49.7 Å². The highest BCUT2D eigenvalue weighted by molar-refractivity contribution is 5.91. The molecule has 0 saturated heterocycles. The summed E-state index contributed by atoms with van der Waals surface area (Å²) in [6.07, 6.45) is -2.04. The smallest absolute Gasteiger partial charge is 0.413 e. The van der Waals surface area contributed by atoms with E-state index in [4.69, 9.17) is 28.8 Å². The number of ether oxygens (including phenoxy) is 3. The van der Waals surface area contributed by atoms with Gasteiger partial charge >= 0.3 is 18.0 Å². The van der Waals surface area contributed by atoms with E-state index in [1.165, 1.54) is 33.3 Å². The molecule has 1 heterocycles. The number of hydrogen-bond donors (Lipinski definition) is 6. The third-order valence-corrected chi connectivity index (χ3v) is 5.46. The van der Waals surface area contributed by atoms with Gasteiger partial charge in [-0.1, -0.05) is 0 Å². The Hall–Kier alpha value is -5.47. The highest BCUT2D eigenvalue weighted by Gasteiger charge is 2.27. The summed E-state index contributed by atoms with van der Waals surface area (Å²) in [5.41, 5.74) is -0.472. The minimum absolute atomic E-state index is 0.00487. The molecule has 15 heteroatoms. The van der Waals surface area contributed by atoms with Gasteiger partial charge in [0.25, 0.3) is 0 Å². The van der Waals surface area contributed by atoms with Crippen molar-refractivity contribution in [2.75, 3.05) is 14.2 Å². The molecule has 0 radical (unpaired) electrons. The van der Waals surface area contributed by atoms with Crippen molar-refractivity contribution in [1.29, 1.82) is 0 Å². The number of aliphatic carboxylic acids is 2. The minimum atomic E-state index is -1.72. The number of nitrogens with one attached hydrogen (secondary N) is 2. The Bertz CT molecular complexity index is 1520. The van der Waals surface area contributed by atoms with Crippen molar-refractivity contribution < 1.29 is 58.2 Å². The molecule has 0 bridgehead atoms. The summed E-state index contributed by atoms with van der Waals surface area (Å²) in [6.45, 7) is 1.21. The Morgan fingerprint density at radius 3 is 2.12 bits per heavy atom. The maximum Gasteiger partial charge on any atom is 0.413 e. The maximum absolute atomic E-state index is 12.6. The Morgan fingerprint density at radius 1 is 0.950 bits per heavy atom. The molecule has 1 aromatic heterocycles. The summed E-state index contributed by atoms with van der Waals surface area (Å²) < 4.78 is 21.5. The second-order valence-electron chi connectivity index (χ2n) is 8.28. The molecule has 0 aliphatic heterocycles. The number of benzene rings is 2. The molecule has 6 N–H and O–H groups in total. The average molecular weight is 560 g/mol. The monoisotopic (exact) mass is 560 g/mol. The molecule has 0 fully saturated rings. The molecule has 212 valence electrons. The number of amides is 2. The van der Waals surface area contributed by atoms with Crippen LogP contribution in [-0.2, 0) is 14.4 Å². The number of rotatable bonds is 10. The molecule has 40 heavy (non-hydrogen) atoms. The largest absolute Gasteiger partial charge is 0.508 e. The molecule has 0 spiro atoms. The molecule has 15 nitrogen and oxygen atoms in total. The molecule has 0 aliphatic rings. The fourth-order valence-corrected chi connectivity index (χ4v) is 3.55. The van der Waals surface area contributed by atoms with Crippen molar-refractivity contribution in [1.82, 2.24) is 10.6 Å². The first-order chi connectivity index (χ1) is 18.8. The number of carbonyl (C=O) groups excluding carboxylic acids is 2. The summed E-state index contributed by atoms with van der Waals surface area (Å²) in [7, 11) is 2.50. The van der Waals surface area contributed by atoms with E-state index in [-0.39, 0.29) is 45.3 Å². The number of hydrogen-bond acceptors (Lipinski definition) is 11. The number of methoxy groups -OCH3 is 2. The van der Waals surface area contributed by atoms with E-state index in [1.54, 1.807) is 0 Å². The van der Waals surface area contributed by atoms with Gasteiger partial charge in [-0.3, -0.25) is 14.4 Å². The Labute approximate surface area is 224 Å². The van der Waals surface area contributed by atoms with Crippen LogP contribution in [0.25, 0.3) is 22.3 Å². The van der Waals surface area contributed by atoms with Crippen LogP contribution in [0.1, 0.15) is 13.3 Å². The number of fused-ring (bicyclic) bond motifs is 1. The van der Waals surface area contributed by atoms with Crippen LogP contribution in [0.5, 0.6) is 28.7 Å². The zero-order chi connectivity index (χ0) is 29.7. The predicted octanol–water partition coefficient (Wildman–Crippen LogP) is 1.41. The molecule has 0 saturated carbocycles. The SMILES string of the molecule is COc1cc(-c2cc(=O)c3c(O)cc(O)cc3o2)cc(OC)c1OC(=O)N[C@@H](C)C(=O)N[C@@H](CC(=O)O)C(=O)O. The summed E-state index contributed by atoms with van der Waals surface area (Å²) in [5, 5.41) is 41.7. The number of carbonyl (C=O) groups is 4.